The summed E-state index contributed by atoms with van der Waals surface area (Å²) in [5.41, 5.74) is 3.28. The molecule has 0 saturated carbocycles. The number of ether oxygens (including phenoxy) is 2. The van der Waals surface area contributed by atoms with Crippen molar-refractivity contribution in [2.24, 2.45) is 0 Å². The third-order valence-electron chi connectivity index (χ3n) is 6.67. The Morgan fingerprint density at radius 3 is 2.68 bits per heavy atom. The first-order valence-corrected chi connectivity index (χ1v) is 13.6. The number of carbonyl (C=O) groups excluding carboxylic acids is 1. The molecule has 1 atom stereocenters. The molecule has 0 bridgehead atoms. The molecule has 4 aromatic rings. The van der Waals surface area contributed by atoms with Gasteiger partial charge in [-0.15, -0.1) is 0 Å². The average Bonchev–Trinajstić information content (AvgIpc) is 3.59. The lowest BCUT2D eigenvalue weighted by molar-refractivity contribution is 0.0952. The minimum absolute atomic E-state index is 0.0304. The maximum absolute atomic E-state index is 13.6. The summed E-state index contributed by atoms with van der Waals surface area (Å²) >= 11 is 0. The van der Waals surface area contributed by atoms with E-state index in [1.807, 2.05) is 12.1 Å². The lowest BCUT2D eigenvalue weighted by atomic mass is 10.0. The fraction of sp³-hybridized carbons (Fsp3) is 0.269. The second kappa shape index (κ2) is 8.84. The number of hydrogen-bond acceptors (Lipinski definition) is 7. The first-order valence-electron chi connectivity index (χ1n) is 11.8. The van der Waals surface area contributed by atoms with E-state index < -0.39 is 9.84 Å². The highest BCUT2D eigenvalue weighted by atomic mass is 32.2. The van der Waals surface area contributed by atoms with Crippen LogP contribution in [-0.4, -0.2) is 47.4 Å². The SMILES string of the molecule is Cc1nn(C2CCS(=O)(=O)C2)c2nc(-c3ccc(F)cc3)cc(C(=O)NCc3ccc4c(c3)OCO4)c12. The summed E-state index contributed by atoms with van der Waals surface area (Å²) in [6.45, 7) is 2.19. The molecule has 0 spiro atoms. The van der Waals surface area contributed by atoms with Crippen LogP contribution in [0.1, 0.15) is 34.1 Å². The molecule has 1 unspecified atom stereocenters. The minimum atomic E-state index is -3.17. The molecule has 1 N–H and O–H groups in total. The predicted octanol–water partition coefficient (Wildman–Crippen LogP) is 3.56. The number of sulfone groups is 1. The van der Waals surface area contributed by atoms with Crippen molar-refractivity contribution in [3.63, 3.8) is 0 Å². The van der Waals surface area contributed by atoms with Gasteiger partial charge < -0.3 is 14.8 Å². The van der Waals surface area contributed by atoms with Gasteiger partial charge in [0.2, 0.25) is 6.79 Å². The molecule has 11 heteroatoms. The van der Waals surface area contributed by atoms with Crippen molar-refractivity contribution < 1.29 is 27.1 Å². The highest BCUT2D eigenvalue weighted by Crippen LogP contribution is 2.34. The maximum Gasteiger partial charge on any atom is 0.252 e. The van der Waals surface area contributed by atoms with Crippen molar-refractivity contribution in [2.75, 3.05) is 18.3 Å². The number of halogens is 1. The number of rotatable bonds is 5. The van der Waals surface area contributed by atoms with E-state index in [0.717, 1.165) is 5.56 Å². The second-order valence-electron chi connectivity index (χ2n) is 9.22. The Balaban J connectivity index is 1.41. The number of hydrogen-bond donors (Lipinski definition) is 1. The first kappa shape index (κ1) is 23.4. The largest absolute Gasteiger partial charge is 0.454 e. The number of amides is 1. The van der Waals surface area contributed by atoms with Crippen LogP contribution >= 0.6 is 0 Å². The fourth-order valence-corrected chi connectivity index (χ4v) is 6.50. The molecule has 2 aromatic carbocycles. The highest BCUT2D eigenvalue weighted by Gasteiger charge is 2.32. The van der Waals surface area contributed by atoms with Crippen molar-refractivity contribution in [2.45, 2.75) is 25.9 Å². The maximum atomic E-state index is 13.6. The number of nitrogens with zero attached hydrogens (tertiary/aromatic N) is 3. The number of aryl methyl sites for hydroxylation is 1. The molecule has 2 aliphatic rings. The fourth-order valence-electron chi connectivity index (χ4n) is 4.81. The molecule has 37 heavy (non-hydrogen) atoms. The van der Waals surface area contributed by atoms with Gasteiger partial charge in [0.05, 0.1) is 39.9 Å². The van der Waals surface area contributed by atoms with Gasteiger partial charge in [-0.2, -0.15) is 5.10 Å². The molecule has 1 amide bonds. The standard InChI is InChI=1S/C26H23FN4O5S/c1-15-24-20(26(32)28-12-16-2-7-22-23(10-16)36-14-35-22)11-21(17-3-5-18(27)6-4-17)29-25(24)31(30-15)19-8-9-37(33,34)13-19/h2-7,10-11,19H,8-9,12-14H2,1H3,(H,28,32). The molecular weight excluding hydrogens is 499 g/mol. The van der Waals surface area contributed by atoms with E-state index in [-0.39, 0.29) is 42.6 Å². The molecule has 0 aliphatic carbocycles. The zero-order valence-electron chi connectivity index (χ0n) is 19.9. The van der Waals surface area contributed by atoms with Crippen molar-refractivity contribution in [1.82, 2.24) is 20.1 Å². The molecule has 6 rings (SSSR count). The minimum Gasteiger partial charge on any atom is -0.454 e. The summed E-state index contributed by atoms with van der Waals surface area (Å²) in [4.78, 5) is 18.3. The number of nitrogens with one attached hydrogen (secondary N) is 1. The van der Waals surface area contributed by atoms with E-state index in [2.05, 4.69) is 10.4 Å². The Morgan fingerprint density at radius 2 is 1.92 bits per heavy atom. The zero-order valence-corrected chi connectivity index (χ0v) is 20.7. The Labute approximate surface area is 212 Å². The molecule has 190 valence electrons. The summed E-state index contributed by atoms with van der Waals surface area (Å²) in [5, 5.41) is 8.11. The Hall–Kier alpha value is -3.99. The van der Waals surface area contributed by atoms with Crippen LogP contribution in [0.2, 0.25) is 0 Å². The van der Waals surface area contributed by atoms with Crippen LogP contribution < -0.4 is 14.8 Å². The number of aromatic nitrogens is 3. The van der Waals surface area contributed by atoms with Crippen LogP contribution in [0.3, 0.4) is 0 Å². The number of fused-ring (bicyclic) bond motifs is 2. The molecule has 0 radical (unpaired) electrons. The van der Waals surface area contributed by atoms with Gasteiger partial charge in [0.15, 0.2) is 27.0 Å². The third-order valence-corrected chi connectivity index (χ3v) is 8.42. The van der Waals surface area contributed by atoms with Gasteiger partial charge in [0.25, 0.3) is 5.91 Å². The van der Waals surface area contributed by atoms with Gasteiger partial charge in [-0.05, 0) is 61.4 Å². The number of benzene rings is 2. The Morgan fingerprint density at radius 1 is 1.14 bits per heavy atom. The van der Waals surface area contributed by atoms with Crippen molar-refractivity contribution in [3.05, 3.63) is 71.2 Å². The van der Waals surface area contributed by atoms with Crippen LogP contribution in [0.4, 0.5) is 4.39 Å². The van der Waals surface area contributed by atoms with Crippen LogP contribution in [-0.2, 0) is 16.4 Å². The van der Waals surface area contributed by atoms with Crippen LogP contribution in [0, 0.1) is 12.7 Å². The Bertz CT molecular complexity index is 1650. The summed E-state index contributed by atoms with van der Waals surface area (Å²) < 4.78 is 50.3. The zero-order chi connectivity index (χ0) is 25.7. The lowest BCUT2D eigenvalue weighted by Crippen LogP contribution is -2.23. The van der Waals surface area contributed by atoms with E-state index in [4.69, 9.17) is 14.5 Å². The Kier molecular flexibility index (Phi) is 5.59. The number of pyridine rings is 1. The molecular formula is C26H23FN4O5S. The van der Waals surface area contributed by atoms with Crippen LogP contribution in [0.25, 0.3) is 22.3 Å². The van der Waals surface area contributed by atoms with Crippen LogP contribution in [0.15, 0.2) is 48.5 Å². The second-order valence-corrected chi connectivity index (χ2v) is 11.4. The molecule has 1 fully saturated rings. The summed E-state index contributed by atoms with van der Waals surface area (Å²) in [6, 6.07) is 12.6. The smallest absolute Gasteiger partial charge is 0.252 e. The molecule has 2 aromatic heterocycles. The lowest BCUT2D eigenvalue weighted by Gasteiger charge is -2.12. The van der Waals surface area contributed by atoms with Gasteiger partial charge >= 0.3 is 0 Å². The summed E-state index contributed by atoms with van der Waals surface area (Å²) in [7, 11) is -3.17. The van der Waals surface area contributed by atoms with Gasteiger partial charge in [0.1, 0.15) is 5.82 Å². The monoisotopic (exact) mass is 522 g/mol. The molecule has 4 heterocycles. The van der Waals surface area contributed by atoms with E-state index >= 15 is 0 Å². The molecule has 2 aliphatic heterocycles. The van der Waals surface area contributed by atoms with Gasteiger partial charge in [0, 0.05) is 12.1 Å². The first-order chi connectivity index (χ1) is 17.8. The molecule has 9 nitrogen and oxygen atoms in total. The van der Waals surface area contributed by atoms with Crippen LogP contribution in [0.5, 0.6) is 11.5 Å². The average molecular weight is 523 g/mol. The topological polar surface area (TPSA) is 112 Å². The van der Waals surface area contributed by atoms with E-state index in [9.17, 15) is 17.6 Å². The summed E-state index contributed by atoms with van der Waals surface area (Å²) in [5.74, 6) is 0.612. The predicted molar refractivity (Wildman–Crippen MR) is 134 cm³/mol. The normalized spacial score (nSPS) is 17.8. The van der Waals surface area contributed by atoms with Gasteiger partial charge in [-0.1, -0.05) is 6.07 Å². The third kappa shape index (κ3) is 4.39. The van der Waals surface area contributed by atoms with Gasteiger partial charge in [-0.3, -0.25) is 4.79 Å². The van der Waals surface area contributed by atoms with Crippen molar-refractivity contribution in [3.8, 4) is 22.8 Å². The van der Waals surface area contributed by atoms with E-state index in [1.54, 1.807) is 35.9 Å². The van der Waals surface area contributed by atoms with Crippen molar-refractivity contribution >= 4 is 26.8 Å². The number of carbonyl (C=O) groups is 1. The van der Waals surface area contributed by atoms with Crippen molar-refractivity contribution in [1.29, 1.82) is 0 Å². The summed E-state index contributed by atoms with van der Waals surface area (Å²) in [6.07, 6.45) is 0.423. The van der Waals surface area contributed by atoms with E-state index in [1.165, 1.54) is 12.1 Å². The highest BCUT2D eigenvalue weighted by molar-refractivity contribution is 7.91. The quantitative estimate of drug-likeness (QED) is 0.426. The molecule has 1 saturated heterocycles. The van der Waals surface area contributed by atoms with Gasteiger partial charge in [-0.25, -0.2) is 22.5 Å². The van der Waals surface area contributed by atoms with E-state index in [0.29, 0.717) is 51.5 Å².